The van der Waals surface area contributed by atoms with E-state index in [2.05, 4.69) is 0 Å². The summed E-state index contributed by atoms with van der Waals surface area (Å²) in [5.41, 5.74) is -0.0532. The van der Waals surface area contributed by atoms with Crippen LogP contribution in [0.1, 0.15) is 33.3 Å². The standard InChI is InChI=1S/C41H52O21/c1-15(2)6-11-20-22(57-39-32(51)30(49)27(46)23(13-42)58-39)12-21(44)25-29(48)38(35(60-36(20)25)18-7-9-19(54-5)10-8-18)62-41-34(53)37(26(45)16(3)56-41)61-40-33(52)31(50)28(47)24(59-40)14-55-17(4)43/h6-10,12,16,23-24,26-28,30-34,37,39-42,44-47,49-53H,11,13-14H2,1-5H3/t16?,23?,24-,26-,27+,28-,30-,31?,32?,33?,34-,37?,39+,40-,41-/m0/s1. The molecule has 0 bridgehead atoms. The van der Waals surface area contributed by atoms with E-state index >= 15 is 0 Å². The van der Waals surface area contributed by atoms with Gasteiger partial charge in [0.05, 0.1) is 19.8 Å². The molecule has 21 heteroatoms. The minimum Gasteiger partial charge on any atom is -0.507 e. The zero-order chi connectivity index (χ0) is 45.3. The predicted molar refractivity (Wildman–Crippen MR) is 209 cm³/mol. The number of methoxy groups -OCH3 is 1. The molecule has 3 aliphatic heterocycles. The van der Waals surface area contributed by atoms with E-state index in [1.807, 2.05) is 0 Å². The molecule has 3 fully saturated rings. The molecule has 4 heterocycles. The number of ether oxygens (including phenoxy) is 8. The van der Waals surface area contributed by atoms with Crippen LogP contribution in [0.4, 0.5) is 0 Å². The van der Waals surface area contributed by atoms with Gasteiger partial charge in [-0.1, -0.05) is 11.6 Å². The Hall–Kier alpha value is -4.46. The maximum Gasteiger partial charge on any atom is 0.302 e. The molecule has 6 unspecified atom stereocenters. The molecule has 3 saturated heterocycles. The van der Waals surface area contributed by atoms with Crippen LogP contribution >= 0.6 is 0 Å². The van der Waals surface area contributed by atoms with Crippen molar-refractivity contribution in [1.29, 1.82) is 0 Å². The highest BCUT2D eigenvalue weighted by Gasteiger charge is 2.51. The highest BCUT2D eigenvalue weighted by molar-refractivity contribution is 5.91. The second-order valence-electron chi connectivity index (χ2n) is 15.4. The number of allylic oxidation sites excluding steroid dienone is 2. The third kappa shape index (κ3) is 9.55. The van der Waals surface area contributed by atoms with Gasteiger partial charge in [0.1, 0.15) is 102 Å². The molecule has 0 radical (unpaired) electrons. The Labute approximate surface area is 353 Å². The number of rotatable bonds is 13. The first kappa shape index (κ1) is 47.0. The smallest absolute Gasteiger partial charge is 0.302 e. The number of hydrogen-bond donors (Lipinski definition) is 10. The normalized spacial score (nSPS) is 33.7. The number of phenolic OH excluding ortho intramolecular Hbond substituents is 1. The van der Waals surface area contributed by atoms with E-state index in [-0.39, 0.29) is 34.6 Å². The molecule has 1 aromatic heterocycles. The lowest BCUT2D eigenvalue weighted by molar-refractivity contribution is -0.350. The zero-order valence-corrected chi connectivity index (χ0v) is 34.2. The topological polar surface area (TPSA) is 323 Å². The fourth-order valence-corrected chi connectivity index (χ4v) is 7.19. The number of hydrogen-bond acceptors (Lipinski definition) is 21. The monoisotopic (exact) mass is 880 g/mol. The van der Waals surface area contributed by atoms with Crippen LogP contribution in [0.25, 0.3) is 22.3 Å². The van der Waals surface area contributed by atoms with Gasteiger partial charge in [-0.3, -0.25) is 9.59 Å². The number of benzene rings is 2. The van der Waals surface area contributed by atoms with E-state index in [0.29, 0.717) is 5.75 Å². The Bertz CT molecular complexity index is 2120. The molecule has 15 atom stereocenters. The van der Waals surface area contributed by atoms with Gasteiger partial charge in [0.2, 0.25) is 23.8 Å². The van der Waals surface area contributed by atoms with Gasteiger partial charge in [-0.2, -0.15) is 0 Å². The number of carbonyl (C=O) groups excluding carboxylic acids is 1. The van der Waals surface area contributed by atoms with Gasteiger partial charge in [0, 0.05) is 24.1 Å². The summed E-state index contributed by atoms with van der Waals surface area (Å²) in [4.78, 5) is 26.1. The van der Waals surface area contributed by atoms with Gasteiger partial charge in [-0.05, 0) is 51.5 Å². The van der Waals surface area contributed by atoms with Gasteiger partial charge in [-0.25, -0.2) is 0 Å². The van der Waals surface area contributed by atoms with Gasteiger partial charge < -0.3 is 93.4 Å². The maximum atomic E-state index is 14.7. The van der Waals surface area contributed by atoms with E-state index < -0.39 is 134 Å². The number of esters is 1. The lowest BCUT2D eigenvalue weighted by Crippen LogP contribution is -2.64. The summed E-state index contributed by atoms with van der Waals surface area (Å²) in [5.74, 6) is -2.07. The summed E-state index contributed by atoms with van der Waals surface area (Å²) in [6.07, 6.45) is -23.7. The number of fused-ring (bicyclic) bond motifs is 1. The van der Waals surface area contributed by atoms with Gasteiger partial charge >= 0.3 is 5.97 Å². The Morgan fingerprint density at radius 2 is 1.39 bits per heavy atom. The van der Waals surface area contributed by atoms with Crippen LogP contribution in [0.15, 0.2) is 51.2 Å². The van der Waals surface area contributed by atoms with Crippen LogP contribution in [0.3, 0.4) is 0 Å². The van der Waals surface area contributed by atoms with Crippen molar-refractivity contribution in [3.05, 3.63) is 57.8 Å². The van der Waals surface area contributed by atoms with Gasteiger partial charge in [0.25, 0.3) is 0 Å². The van der Waals surface area contributed by atoms with E-state index in [0.717, 1.165) is 18.6 Å². The second kappa shape index (κ2) is 19.5. The molecule has 0 amide bonds. The fourth-order valence-electron chi connectivity index (χ4n) is 7.19. The number of aromatic hydroxyl groups is 1. The van der Waals surface area contributed by atoms with Crippen LogP contribution in [-0.2, 0) is 34.9 Å². The minimum atomic E-state index is -1.98. The van der Waals surface area contributed by atoms with E-state index in [1.165, 1.54) is 26.2 Å². The minimum absolute atomic E-state index is 0.00150. The molecule has 2 aromatic carbocycles. The molecule has 62 heavy (non-hydrogen) atoms. The van der Waals surface area contributed by atoms with Crippen LogP contribution in [0.5, 0.6) is 23.0 Å². The van der Waals surface area contributed by atoms with E-state index in [4.69, 9.17) is 42.3 Å². The van der Waals surface area contributed by atoms with E-state index in [9.17, 15) is 60.7 Å². The highest BCUT2D eigenvalue weighted by atomic mass is 16.7. The summed E-state index contributed by atoms with van der Waals surface area (Å²) in [5, 5.41) is 107. The van der Waals surface area contributed by atoms with Crippen LogP contribution in [0.2, 0.25) is 0 Å². The lowest BCUT2D eigenvalue weighted by atomic mass is 9.97. The first-order valence-corrected chi connectivity index (χ1v) is 19.6. The van der Waals surface area contributed by atoms with Gasteiger partial charge in [0.15, 0.2) is 12.1 Å². The average Bonchev–Trinajstić information content (AvgIpc) is 3.24. The molecule has 6 rings (SSSR count). The number of aliphatic hydroxyl groups excluding tert-OH is 9. The summed E-state index contributed by atoms with van der Waals surface area (Å²) in [6, 6.07) is 7.17. The Morgan fingerprint density at radius 1 is 0.774 bits per heavy atom. The molecule has 3 aromatic rings. The molecule has 10 N–H and O–H groups in total. The van der Waals surface area contributed by atoms with E-state index in [1.54, 1.807) is 32.1 Å². The van der Waals surface area contributed by atoms with Crippen molar-refractivity contribution in [3.63, 3.8) is 0 Å². The number of phenols is 1. The largest absolute Gasteiger partial charge is 0.507 e. The maximum absolute atomic E-state index is 14.7. The predicted octanol–water partition coefficient (Wildman–Crippen LogP) is -1.54. The molecule has 0 aliphatic carbocycles. The third-order valence-electron chi connectivity index (χ3n) is 10.8. The van der Waals surface area contributed by atoms with Crippen molar-refractivity contribution < 1.29 is 98.2 Å². The SMILES string of the molecule is COc1ccc(-c2oc3c(CC=C(C)C)c(O[C@@H]4OC(CO)[C@@H](O)[C@H](O)C4O)cc(O)c3c(=O)c2O[C@@H]2OC(C)[C@H](O)C(O[C@@H]3O[C@@H](COC(C)=O)[C@H](O)C(O)C3O)[C@@H]2O)cc1. The first-order chi connectivity index (χ1) is 29.4. The molecule has 342 valence electrons. The van der Waals surface area contributed by atoms with Crippen LogP contribution < -0.4 is 19.6 Å². The number of aliphatic hydroxyl groups is 9. The van der Waals surface area contributed by atoms with Crippen molar-refractivity contribution >= 4 is 16.9 Å². The van der Waals surface area contributed by atoms with Crippen LogP contribution in [0, 0.1) is 0 Å². The van der Waals surface area contributed by atoms with Crippen molar-refractivity contribution in [2.45, 2.75) is 126 Å². The van der Waals surface area contributed by atoms with Crippen molar-refractivity contribution in [2.75, 3.05) is 20.3 Å². The third-order valence-corrected chi connectivity index (χ3v) is 10.8. The van der Waals surface area contributed by atoms with Crippen molar-refractivity contribution in [3.8, 4) is 34.3 Å². The summed E-state index contributed by atoms with van der Waals surface area (Å²) in [6.45, 7) is 4.79. The molecule has 21 nitrogen and oxygen atoms in total. The molecular formula is C41H52O21. The summed E-state index contributed by atoms with van der Waals surface area (Å²) < 4.78 is 51.5. The first-order valence-electron chi connectivity index (χ1n) is 19.6. The molecule has 0 saturated carbocycles. The lowest BCUT2D eigenvalue weighted by Gasteiger charge is -2.45. The molecular weight excluding hydrogens is 828 g/mol. The van der Waals surface area contributed by atoms with Gasteiger partial charge in [-0.15, -0.1) is 0 Å². The Kier molecular flexibility index (Phi) is 14.8. The summed E-state index contributed by atoms with van der Waals surface area (Å²) in [7, 11) is 1.44. The Morgan fingerprint density at radius 3 is 2.00 bits per heavy atom. The second-order valence-corrected chi connectivity index (χ2v) is 15.4. The zero-order valence-electron chi connectivity index (χ0n) is 34.2. The highest BCUT2D eigenvalue weighted by Crippen LogP contribution is 2.42. The Balaban J connectivity index is 1.43. The summed E-state index contributed by atoms with van der Waals surface area (Å²) >= 11 is 0. The quantitative estimate of drug-likeness (QED) is 0.0687. The van der Waals surface area contributed by atoms with Crippen molar-refractivity contribution in [1.82, 2.24) is 0 Å². The average molecular weight is 881 g/mol. The fraction of sp³-hybridized carbons (Fsp3) is 0.561. The van der Waals surface area contributed by atoms with Crippen molar-refractivity contribution in [2.24, 2.45) is 0 Å². The molecule has 0 spiro atoms. The van der Waals surface area contributed by atoms with Crippen LogP contribution in [-0.4, -0.2) is 169 Å². The number of carbonyl (C=O) groups is 1. The molecule has 3 aliphatic rings.